The van der Waals surface area contributed by atoms with Crippen LogP contribution in [0.3, 0.4) is 0 Å². The van der Waals surface area contributed by atoms with E-state index in [-0.39, 0.29) is 11.8 Å². The van der Waals surface area contributed by atoms with Crippen LogP contribution in [-0.4, -0.2) is 26.2 Å². The summed E-state index contributed by atoms with van der Waals surface area (Å²) in [6.07, 6.45) is 0.843. The maximum atomic E-state index is 12.8. The zero-order chi connectivity index (χ0) is 18.1. The van der Waals surface area contributed by atoms with Crippen molar-refractivity contribution >= 4 is 33.5 Å². The van der Waals surface area contributed by atoms with E-state index >= 15 is 0 Å². The van der Waals surface area contributed by atoms with E-state index in [0.29, 0.717) is 33.4 Å². The first-order valence-electron chi connectivity index (χ1n) is 8.25. The molecule has 3 rings (SSSR count). The molecule has 0 radical (unpaired) electrons. The van der Waals surface area contributed by atoms with E-state index in [1.54, 1.807) is 13.0 Å². The fourth-order valence-electron chi connectivity index (χ4n) is 2.49. The maximum absolute atomic E-state index is 12.8. The molecular formula is C17H21N5O2S. The van der Waals surface area contributed by atoms with Gasteiger partial charge in [0.15, 0.2) is 0 Å². The van der Waals surface area contributed by atoms with E-state index in [9.17, 15) is 4.79 Å². The minimum atomic E-state index is -0.257. The van der Waals surface area contributed by atoms with E-state index in [0.717, 1.165) is 17.1 Å². The van der Waals surface area contributed by atoms with Crippen molar-refractivity contribution in [1.29, 1.82) is 0 Å². The van der Waals surface area contributed by atoms with E-state index in [1.165, 1.54) is 11.3 Å². The van der Waals surface area contributed by atoms with E-state index in [1.807, 2.05) is 13.8 Å². The van der Waals surface area contributed by atoms with Gasteiger partial charge in [0.25, 0.3) is 11.6 Å². The van der Waals surface area contributed by atoms with Gasteiger partial charge < -0.3 is 4.52 Å². The van der Waals surface area contributed by atoms with Gasteiger partial charge >= 0.3 is 0 Å². The van der Waals surface area contributed by atoms with Crippen LogP contribution in [0, 0.1) is 12.8 Å². The van der Waals surface area contributed by atoms with Crippen LogP contribution < -0.4 is 5.32 Å². The quantitative estimate of drug-likeness (QED) is 0.741. The van der Waals surface area contributed by atoms with Crippen molar-refractivity contribution in [3.63, 3.8) is 0 Å². The summed E-state index contributed by atoms with van der Waals surface area (Å²) in [6.45, 7) is 10.1. The topological polar surface area (TPSA) is 93.8 Å². The average Bonchev–Trinajstić information content (AvgIpc) is 3.12. The third-order valence-electron chi connectivity index (χ3n) is 3.74. The van der Waals surface area contributed by atoms with Crippen molar-refractivity contribution in [2.75, 3.05) is 5.32 Å². The van der Waals surface area contributed by atoms with Crippen LogP contribution in [0.4, 0.5) is 5.13 Å². The van der Waals surface area contributed by atoms with E-state index in [2.05, 4.69) is 39.5 Å². The van der Waals surface area contributed by atoms with Gasteiger partial charge in [0.05, 0.1) is 16.6 Å². The number of rotatable bonds is 5. The molecule has 3 aromatic heterocycles. The molecule has 1 amide bonds. The van der Waals surface area contributed by atoms with Crippen LogP contribution in [0.1, 0.15) is 60.4 Å². The molecule has 0 aliphatic carbocycles. The highest BCUT2D eigenvalue weighted by Gasteiger charge is 2.21. The zero-order valence-electron chi connectivity index (χ0n) is 15.0. The second kappa shape index (κ2) is 6.87. The number of aromatic nitrogens is 4. The molecule has 25 heavy (non-hydrogen) atoms. The molecule has 0 saturated carbocycles. The molecule has 0 spiro atoms. The first-order chi connectivity index (χ1) is 11.8. The Morgan fingerprint density at radius 3 is 2.72 bits per heavy atom. The minimum absolute atomic E-state index is 0.167. The Morgan fingerprint density at radius 1 is 1.28 bits per heavy atom. The number of amides is 1. The Kier molecular flexibility index (Phi) is 4.80. The van der Waals surface area contributed by atoms with Crippen molar-refractivity contribution in [3.8, 4) is 0 Å². The molecule has 0 aliphatic heterocycles. The summed E-state index contributed by atoms with van der Waals surface area (Å²) in [5.74, 6) is 0.401. The highest BCUT2D eigenvalue weighted by Crippen LogP contribution is 2.26. The molecule has 8 heteroatoms. The smallest absolute Gasteiger partial charge is 0.259 e. The largest absolute Gasteiger partial charge is 0.336 e. The summed E-state index contributed by atoms with van der Waals surface area (Å²) in [6, 6.07) is 1.79. The van der Waals surface area contributed by atoms with Crippen molar-refractivity contribution in [3.05, 3.63) is 28.0 Å². The molecule has 132 valence electrons. The third kappa shape index (κ3) is 3.68. The summed E-state index contributed by atoms with van der Waals surface area (Å²) in [7, 11) is 0. The van der Waals surface area contributed by atoms with Gasteiger partial charge in [0.2, 0.25) is 5.13 Å². The number of carbonyl (C=O) groups excluding carboxylic acids is 1. The molecule has 0 fully saturated rings. The lowest BCUT2D eigenvalue weighted by atomic mass is 10.0. The van der Waals surface area contributed by atoms with Crippen LogP contribution >= 0.6 is 11.3 Å². The molecule has 0 bridgehead atoms. The second-order valence-corrected chi connectivity index (χ2v) is 7.81. The molecule has 0 saturated heterocycles. The van der Waals surface area contributed by atoms with Gasteiger partial charge in [-0.1, -0.05) is 44.2 Å². The number of nitrogens with zero attached hydrogens (tertiary/aromatic N) is 4. The molecule has 0 atom stereocenters. The fourth-order valence-corrected chi connectivity index (χ4v) is 3.44. The number of fused-ring (bicyclic) bond motifs is 1. The van der Waals surface area contributed by atoms with Crippen molar-refractivity contribution in [2.24, 2.45) is 5.92 Å². The van der Waals surface area contributed by atoms with Crippen molar-refractivity contribution in [1.82, 2.24) is 20.3 Å². The van der Waals surface area contributed by atoms with Crippen molar-refractivity contribution in [2.45, 2.75) is 47.0 Å². The molecular weight excluding hydrogens is 338 g/mol. The van der Waals surface area contributed by atoms with Crippen LogP contribution in [0.15, 0.2) is 10.6 Å². The zero-order valence-corrected chi connectivity index (χ0v) is 15.8. The summed E-state index contributed by atoms with van der Waals surface area (Å²) < 4.78 is 5.26. The molecule has 0 unspecified atom stereocenters. The number of hydrogen-bond acceptors (Lipinski definition) is 7. The number of nitrogens with one attached hydrogen (secondary N) is 1. The standard InChI is InChI=1S/C17H21N5O2S/c1-8(2)6-13-20-21-17(25-13)19-15(23)11-7-12(9(3)4)18-16-14(11)10(5)22-24-16/h7-9H,6H2,1-5H3,(H,19,21,23). The predicted octanol–water partition coefficient (Wildman–Crippen LogP) is 3.96. The van der Waals surface area contributed by atoms with E-state index in [4.69, 9.17) is 4.52 Å². The first-order valence-corrected chi connectivity index (χ1v) is 9.07. The number of hydrogen-bond donors (Lipinski definition) is 1. The van der Waals surface area contributed by atoms with E-state index < -0.39 is 0 Å². The van der Waals surface area contributed by atoms with Gasteiger partial charge in [0, 0.05) is 12.1 Å². The minimum Gasteiger partial charge on any atom is -0.336 e. The van der Waals surface area contributed by atoms with Crippen LogP contribution in [-0.2, 0) is 6.42 Å². The monoisotopic (exact) mass is 359 g/mol. The highest BCUT2D eigenvalue weighted by molar-refractivity contribution is 7.15. The molecule has 0 aliphatic rings. The SMILES string of the molecule is Cc1noc2nc(C(C)C)cc(C(=O)Nc3nnc(CC(C)C)s3)c12. The van der Waals surface area contributed by atoms with Crippen LogP contribution in [0.2, 0.25) is 0 Å². The van der Waals surface area contributed by atoms with Crippen LogP contribution in [0.25, 0.3) is 11.1 Å². The lowest BCUT2D eigenvalue weighted by Crippen LogP contribution is -2.13. The summed E-state index contributed by atoms with van der Waals surface area (Å²) in [5, 5.41) is 17.0. The van der Waals surface area contributed by atoms with Crippen molar-refractivity contribution < 1.29 is 9.32 Å². The Labute approximate surface area is 149 Å². The van der Waals surface area contributed by atoms with Gasteiger partial charge in [-0.05, 0) is 24.8 Å². The highest BCUT2D eigenvalue weighted by atomic mass is 32.1. The Bertz CT molecular complexity index is 913. The molecule has 1 N–H and O–H groups in total. The lowest BCUT2D eigenvalue weighted by Gasteiger charge is -2.08. The number of carbonyl (C=O) groups is 1. The average molecular weight is 359 g/mol. The number of anilines is 1. The summed E-state index contributed by atoms with van der Waals surface area (Å²) in [4.78, 5) is 17.3. The van der Waals surface area contributed by atoms with Gasteiger partial charge in [-0.15, -0.1) is 10.2 Å². The molecule has 3 heterocycles. The predicted molar refractivity (Wildman–Crippen MR) is 97.0 cm³/mol. The normalized spacial score (nSPS) is 11.6. The van der Waals surface area contributed by atoms with Gasteiger partial charge in [-0.25, -0.2) is 4.98 Å². The summed E-state index contributed by atoms with van der Waals surface area (Å²) in [5.41, 5.74) is 2.30. The number of aryl methyl sites for hydroxylation is 1. The molecule has 7 nitrogen and oxygen atoms in total. The van der Waals surface area contributed by atoms with Gasteiger partial charge in [0.1, 0.15) is 5.01 Å². The maximum Gasteiger partial charge on any atom is 0.259 e. The first kappa shape index (κ1) is 17.5. The second-order valence-electron chi connectivity index (χ2n) is 6.75. The molecule has 0 aromatic carbocycles. The van der Waals surface area contributed by atoms with Gasteiger partial charge in [-0.3, -0.25) is 10.1 Å². The molecule has 3 aromatic rings. The summed E-state index contributed by atoms with van der Waals surface area (Å²) >= 11 is 1.40. The van der Waals surface area contributed by atoms with Gasteiger partial charge in [-0.2, -0.15) is 0 Å². The lowest BCUT2D eigenvalue weighted by molar-refractivity contribution is 0.102. The number of pyridine rings is 1. The Hall–Kier alpha value is -2.35. The van der Waals surface area contributed by atoms with Crippen LogP contribution in [0.5, 0.6) is 0 Å². The third-order valence-corrected chi connectivity index (χ3v) is 4.60. The Balaban J connectivity index is 1.93. The Morgan fingerprint density at radius 2 is 2.04 bits per heavy atom. The fraction of sp³-hybridized carbons (Fsp3) is 0.471.